The Hall–Kier alpha value is -1.26. The Bertz CT molecular complexity index is 65.7. The van der Waals surface area contributed by atoms with E-state index in [4.69, 9.17) is 24.9 Å². The first-order valence-corrected chi connectivity index (χ1v) is 1.52. The molecular weight excluding hydrogens is 116 g/mol. The van der Waals surface area contributed by atoms with Gasteiger partial charge in [-0.3, -0.25) is 0 Å². The van der Waals surface area contributed by atoms with Crippen molar-refractivity contribution in [2.75, 3.05) is 0 Å². The molecule has 0 aromatic rings. The SMILES string of the molecule is CC(=O)[O-].O=C([O-])[O-]. The largest absolute Gasteiger partial charge is 0.652 e. The molecule has 0 aliphatic carbocycles. The van der Waals surface area contributed by atoms with E-state index in [0.717, 1.165) is 6.92 Å². The lowest BCUT2D eigenvalue weighted by molar-refractivity contribution is -0.415. The highest BCUT2D eigenvalue weighted by atomic mass is 16.6. The van der Waals surface area contributed by atoms with Crippen molar-refractivity contribution in [3.8, 4) is 0 Å². The van der Waals surface area contributed by atoms with Gasteiger partial charge in [0.15, 0.2) is 0 Å². The second-order valence-corrected chi connectivity index (χ2v) is 0.742. The molecule has 48 valence electrons. The standard InChI is InChI=1S/C2H4O2.CH2O3/c1-2(3)4;2-1(3)4/h1H3,(H,3,4);(H2,2,3,4)/p-3. The molecule has 0 aliphatic heterocycles. The summed E-state index contributed by atoms with van der Waals surface area (Å²) in [7, 11) is 0. The molecule has 0 saturated carbocycles. The molecule has 0 fully saturated rings. The third-order valence-electron chi connectivity index (χ3n) is 0. The number of aliphatic carboxylic acids is 1. The minimum atomic E-state index is -2.33. The van der Waals surface area contributed by atoms with Crippen molar-refractivity contribution in [1.82, 2.24) is 0 Å². The van der Waals surface area contributed by atoms with E-state index in [1.54, 1.807) is 0 Å². The maximum atomic E-state index is 8.89. The Morgan fingerprint density at radius 2 is 1.12 bits per heavy atom. The Morgan fingerprint density at radius 3 is 1.12 bits per heavy atom. The normalized spacial score (nSPS) is 6.12. The summed E-state index contributed by atoms with van der Waals surface area (Å²) in [5.41, 5.74) is 0. The van der Waals surface area contributed by atoms with Crippen molar-refractivity contribution < 1.29 is 24.9 Å². The van der Waals surface area contributed by atoms with Gasteiger partial charge in [-0.1, -0.05) is 0 Å². The second kappa shape index (κ2) is 5.74. The van der Waals surface area contributed by atoms with E-state index in [2.05, 4.69) is 0 Å². The Kier molecular flexibility index (Phi) is 7.09. The highest BCUT2D eigenvalue weighted by Crippen LogP contribution is 1.31. The van der Waals surface area contributed by atoms with Gasteiger partial charge in [0.1, 0.15) is 0 Å². The van der Waals surface area contributed by atoms with Crippen LogP contribution in [0.3, 0.4) is 0 Å². The van der Waals surface area contributed by atoms with E-state index in [1.165, 1.54) is 0 Å². The molecule has 0 radical (unpaired) electrons. The quantitative estimate of drug-likeness (QED) is 0.326. The van der Waals surface area contributed by atoms with Crippen molar-refractivity contribution in [1.29, 1.82) is 0 Å². The van der Waals surface area contributed by atoms with Crippen molar-refractivity contribution in [3.63, 3.8) is 0 Å². The van der Waals surface area contributed by atoms with E-state index < -0.39 is 12.1 Å². The van der Waals surface area contributed by atoms with Crippen LogP contribution in [0.15, 0.2) is 0 Å². The first-order valence-electron chi connectivity index (χ1n) is 1.52. The molecule has 0 amide bonds. The number of hydrogen-bond acceptors (Lipinski definition) is 5. The summed E-state index contributed by atoms with van der Waals surface area (Å²) in [5.74, 6) is -1.08. The predicted molar refractivity (Wildman–Crippen MR) is 16.1 cm³/mol. The van der Waals surface area contributed by atoms with Crippen LogP contribution in [0, 0.1) is 0 Å². The van der Waals surface area contributed by atoms with Crippen molar-refractivity contribution in [2.45, 2.75) is 6.92 Å². The molecule has 8 heavy (non-hydrogen) atoms. The number of carbonyl (C=O) groups is 2. The van der Waals surface area contributed by atoms with E-state index in [1.807, 2.05) is 0 Å². The maximum absolute atomic E-state index is 8.89. The molecule has 5 heteroatoms. The van der Waals surface area contributed by atoms with Gasteiger partial charge >= 0.3 is 0 Å². The summed E-state index contributed by atoms with van der Waals surface area (Å²) in [6.07, 6.45) is -2.33. The van der Waals surface area contributed by atoms with Crippen LogP contribution < -0.4 is 15.3 Å². The average Bonchev–Trinajstić information content (AvgIpc) is 1.25. The van der Waals surface area contributed by atoms with Gasteiger partial charge in [-0.2, -0.15) is 0 Å². The number of rotatable bonds is 0. The first kappa shape index (κ1) is 9.88. The van der Waals surface area contributed by atoms with Crippen LogP contribution in [0.5, 0.6) is 0 Å². The van der Waals surface area contributed by atoms with E-state index in [-0.39, 0.29) is 0 Å². The van der Waals surface area contributed by atoms with Crippen LogP contribution in [-0.2, 0) is 4.79 Å². The minimum Gasteiger partial charge on any atom is -0.652 e. The fraction of sp³-hybridized carbons (Fsp3) is 0.333. The third-order valence-corrected chi connectivity index (χ3v) is 0. The van der Waals surface area contributed by atoms with Gasteiger partial charge < -0.3 is 24.9 Å². The Labute approximate surface area is 45.2 Å². The molecule has 0 atom stereocenters. The van der Waals surface area contributed by atoms with Crippen molar-refractivity contribution in [2.24, 2.45) is 0 Å². The molecule has 0 aromatic heterocycles. The first-order chi connectivity index (χ1) is 3.46. The van der Waals surface area contributed by atoms with Gasteiger partial charge in [0.2, 0.25) is 0 Å². The average molecular weight is 119 g/mol. The molecule has 0 spiro atoms. The second-order valence-electron chi connectivity index (χ2n) is 0.742. The molecule has 0 heterocycles. The summed E-state index contributed by atoms with van der Waals surface area (Å²) >= 11 is 0. The topological polar surface area (TPSA) is 103 Å². The molecule has 0 bridgehead atoms. The van der Waals surface area contributed by atoms with Crippen LogP contribution in [0.1, 0.15) is 6.92 Å². The van der Waals surface area contributed by atoms with Crippen molar-refractivity contribution >= 4 is 12.1 Å². The zero-order valence-corrected chi connectivity index (χ0v) is 4.04. The van der Waals surface area contributed by atoms with E-state index >= 15 is 0 Å². The fourth-order valence-corrected chi connectivity index (χ4v) is 0. The highest BCUT2D eigenvalue weighted by molar-refractivity contribution is 5.60. The molecule has 0 aliphatic rings. The van der Waals surface area contributed by atoms with Crippen LogP contribution in [0.4, 0.5) is 4.79 Å². The van der Waals surface area contributed by atoms with Gasteiger partial charge in [0, 0.05) is 5.97 Å². The Balaban J connectivity index is 0. The lowest BCUT2D eigenvalue weighted by atomic mass is 10.9. The summed E-state index contributed by atoms with van der Waals surface area (Å²) < 4.78 is 0. The monoisotopic (exact) mass is 119 g/mol. The predicted octanol–water partition coefficient (Wildman–Crippen LogP) is -3.69. The van der Waals surface area contributed by atoms with Crippen LogP contribution in [0.25, 0.3) is 0 Å². The van der Waals surface area contributed by atoms with Gasteiger partial charge in [0.25, 0.3) is 0 Å². The molecule has 0 saturated heterocycles. The number of carboxylic acids is 1. The Morgan fingerprint density at radius 1 is 1.12 bits per heavy atom. The molecular formula is C3H3O5-3. The molecule has 5 nitrogen and oxygen atoms in total. The summed E-state index contributed by atoms with van der Waals surface area (Å²) in [5, 5.41) is 25.6. The lowest BCUT2D eigenvalue weighted by Crippen LogP contribution is -2.37. The number of carboxylic acid groups (broad SMARTS) is 3. The third kappa shape index (κ3) is 41.8. The zero-order valence-electron chi connectivity index (χ0n) is 4.04. The van der Waals surface area contributed by atoms with Crippen molar-refractivity contribution in [3.05, 3.63) is 0 Å². The van der Waals surface area contributed by atoms with Gasteiger partial charge in [-0.25, -0.2) is 0 Å². The molecule has 0 aromatic carbocycles. The summed E-state index contributed by atoms with van der Waals surface area (Å²) in [6.45, 7) is 0.972. The number of carbonyl (C=O) groups excluding carboxylic acids is 2. The van der Waals surface area contributed by atoms with E-state index in [9.17, 15) is 0 Å². The number of hydrogen-bond donors (Lipinski definition) is 0. The van der Waals surface area contributed by atoms with Gasteiger partial charge in [-0.15, -0.1) is 0 Å². The van der Waals surface area contributed by atoms with Crippen LogP contribution >= 0.6 is 0 Å². The molecule has 0 unspecified atom stereocenters. The van der Waals surface area contributed by atoms with Crippen LogP contribution in [-0.4, -0.2) is 12.1 Å². The van der Waals surface area contributed by atoms with Gasteiger partial charge in [0.05, 0.1) is 0 Å². The lowest BCUT2D eigenvalue weighted by Gasteiger charge is -1.96. The van der Waals surface area contributed by atoms with Crippen LogP contribution in [0.2, 0.25) is 0 Å². The minimum absolute atomic E-state index is 0.972. The summed E-state index contributed by atoms with van der Waals surface area (Å²) in [4.78, 5) is 17.2. The molecule has 0 rings (SSSR count). The summed E-state index contributed by atoms with van der Waals surface area (Å²) in [6, 6.07) is 0. The maximum Gasteiger partial charge on any atom is 0.0383 e. The fourth-order valence-electron chi connectivity index (χ4n) is 0. The highest BCUT2D eigenvalue weighted by Gasteiger charge is 1.46. The smallest absolute Gasteiger partial charge is 0.0383 e. The zero-order chi connectivity index (χ0) is 7.15. The van der Waals surface area contributed by atoms with Gasteiger partial charge in [-0.05, 0) is 13.1 Å². The molecule has 0 N–H and O–H groups in total. The van der Waals surface area contributed by atoms with E-state index in [0.29, 0.717) is 0 Å².